The van der Waals surface area contributed by atoms with Crippen LogP contribution in [0, 0.1) is 6.92 Å². The Balaban J connectivity index is 1.08. The first-order valence-electron chi connectivity index (χ1n) is 13.0. The van der Waals surface area contributed by atoms with Gasteiger partial charge in [0, 0.05) is 48.6 Å². The number of pyridine rings is 1. The van der Waals surface area contributed by atoms with Crippen molar-refractivity contribution in [1.82, 2.24) is 19.8 Å². The number of carbonyl (C=O) groups excluding carboxylic acids is 1. The van der Waals surface area contributed by atoms with Crippen LogP contribution < -0.4 is 10.2 Å². The molecule has 1 amide bonds. The molecule has 1 aromatic carbocycles. The van der Waals surface area contributed by atoms with Crippen molar-refractivity contribution in [2.24, 2.45) is 0 Å². The van der Waals surface area contributed by atoms with Crippen LogP contribution in [0.3, 0.4) is 0 Å². The lowest BCUT2D eigenvalue weighted by Crippen LogP contribution is -2.57. The van der Waals surface area contributed by atoms with E-state index in [4.69, 9.17) is 9.26 Å². The van der Waals surface area contributed by atoms with Crippen LogP contribution in [0.25, 0.3) is 16.9 Å². The van der Waals surface area contributed by atoms with E-state index in [2.05, 4.69) is 30.2 Å². The molecule has 3 aromatic heterocycles. The van der Waals surface area contributed by atoms with Gasteiger partial charge in [-0.05, 0) is 43.5 Å². The van der Waals surface area contributed by atoms with Crippen molar-refractivity contribution in [2.45, 2.75) is 57.0 Å². The number of aromatic nitrogens is 4. The van der Waals surface area contributed by atoms with Crippen LogP contribution in [-0.2, 0) is 9.47 Å². The molecule has 2 unspecified atom stereocenters. The lowest BCUT2D eigenvalue weighted by molar-refractivity contribution is -0.185. The number of halogens is 2. The second-order valence-corrected chi connectivity index (χ2v) is 10.4. The van der Waals surface area contributed by atoms with E-state index in [1.54, 1.807) is 16.8 Å². The zero-order valence-corrected chi connectivity index (χ0v) is 21.1. The van der Waals surface area contributed by atoms with Crippen LogP contribution in [0.15, 0.2) is 47.2 Å². The highest BCUT2D eigenvalue weighted by Gasteiger charge is 2.39. The lowest BCUT2D eigenvalue weighted by Gasteiger charge is -2.48. The monoisotopic (exact) mass is 536 g/mol. The summed E-state index contributed by atoms with van der Waals surface area (Å²) in [5.74, 6) is 0.372. The molecule has 12 heteroatoms. The Bertz CT molecular complexity index is 1530. The SMILES string of the molecule is Cc1ccc(-c2noc(C3CC(OC(F)F)C3)n2)cc1NC(=O)c1cnn2ccc(N3CC4CC(C3)O4)cc12. The average molecular weight is 537 g/mol. The summed E-state index contributed by atoms with van der Waals surface area (Å²) in [5, 5.41) is 11.4. The highest BCUT2D eigenvalue weighted by molar-refractivity contribution is 6.09. The van der Waals surface area contributed by atoms with Gasteiger partial charge in [0.15, 0.2) is 0 Å². The quantitative estimate of drug-likeness (QED) is 0.370. The smallest absolute Gasteiger partial charge is 0.345 e. The van der Waals surface area contributed by atoms with Crippen LogP contribution in [-0.4, -0.2) is 63.7 Å². The maximum Gasteiger partial charge on any atom is 0.345 e. The molecular formula is C27H26F2N6O4. The zero-order valence-electron chi connectivity index (χ0n) is 21.1. The van der Waals surface area contributed by atoms with E-state index in [9.17, 15) is 13.6 Å². The van der Waals surface area contributed by atoms with E-state index in [-0.39, 0.29) is 24.0 Å². The van der Waals surface area contributed by atoms with Gasteiger partial charge >= 0.3 is 6.61 Å². The van der Waals surface area contributed by atoms with Gasteiger partial charge < -0.3 is 24.2 Å². The topological polar surface area (TPSA) is 107 Å². The number of piperidine rings is 1. The Labute approximate surface area is 221 Å². The maximum absolute atomic E-state index is 13.4. The highest BCUT2D eigenvalue weighted by Crippen LogP contribution is 2.39. The number of hydrogen-bond donors (Lipinski definition) is 1. The molecule has 10 nitrogen and oxygen atoms in total. The van der Waals surface area contributed by atoms with E-state index in [1.165, 1.54) is 0 Å². The Morgan fingerprint density at radius 3 is 2.72 bits per heavy atom. The molecular weight excluding hydrogens is 510 g/mol. The standard InChI is InChI=1S/C27H26F2N6O4/c1-14-2-3-15(24-32-26(39-33-24)16-6-18(7-16)38-27(28)29)8-22(14)31-25(36)21-11-30-35-5-4-17(9-23(21)35)34-12-19-10-20(13-34)37-19/h2-5,8-9,11,16,18-20,27H,6-7,10,12-13H2,1H3,(H,31,36). The normalized spacial score (nSPS) is 24.1. The first-order valence-corrected chi connectivity index (χ1v) is 13.0. The number of amides is 1. The number of hydrogen-bond acceptors (Lipinski definition) is 8. The fourth-order valence-electron chi connectivity index (χ4n) is 5.54. The van der Waals surface area contributed by atoms with E-state index in [1.807, 2.05) is 37.4 Å². The second-order valence-electron chi connectivity index (χ2n) is 10.4. The fourth-order valence-corrected chi connectivity index (χ4v) is 5.54. The third-order valence-corrected chi connectivity index (χ3v) is 7.80. The number of alkyl halides is 2. The Hall–Kier alpha value is -3.90. The van der Waals surface area contributed by atoms with Crippen molar-refractivity contribution in [3.05, 3.63) is 59.7 Å². The van der Waals surface area contributed by atoms with Gasteiger partial charge in [-0.25, -0.2) is 4.52 Å². The molecule has 2 bridgehead atoms. The Morgan fingerprint density at radius 2 is 1.95 bits per heavy atom. The first-order chi connectivity index (χ1) is 18.9. The lowest BCUT2D eigenvalue weighted by atomic mass is 9.82. The summed E-state index contributed by atoms with van der Waals surface area (Å²) < 4.78 is 42.1. The molecule has 6 heterocycles. The van der Waals surface area contributed by atoms with Crippen molar-refractivity contribution in [3.8, 4) is 11.4 Å². The molecule has 1 N–H and O–H groups in total. The molecule has 1 aliphatic carbocycles. The predicted molar refractivity (Wildman–Crippen MR) is 136 cm³/mol. The number of benzene rings is 1. The Kier molecular flexibility index (Phi) is 5.81. The number of anilines is 2. The highest BCUT2D eigenvalue weighted by atomic mass is 19.3. The summed E-state index contributed by atoms with van der Waals surface area (Å²) in [5.41, 5.74) is 4.37. The van der Waals surface area contributed by atoms with Crippen molar-refractivity contribution >= 4 is 22.8 Å². The second kappa shape index (κ2) is 9.38. The zero-order chi connectivity index (χ0) is 26.7. The van der Waals surface area contributed by atoms with E-state index >= 15 is 0 Å². The van der Waals surface area contributed by atoms with Gasteiger partial charge in [0.25, 0.3) is 5.91 Å². The summed E-state index contributed by atoms with van der Waals surface area (Å²) in [6.45, 7) is 0.804. The van der Waals surface area contributed by atoms with Crippen LogP contribution in [0.2, 0.25) is 0 Å². The molecule has 39 heavy (non-hydrogen) atoms. The number of ether oxygens (including phenoxy) is 2. The van der Waals surface area contributed by atoms with Crippen LogP contribution >= 0.6 is 0 Å². The largest absolute Gasteiger partial charge is 0.371 e. The Morgan fingerprint density at radius 1 is 1.15 bits per heavy atom. The van der Waals surface area contributed by atoms with Gasteiger partial charge in [-0.15, -0.1) is 0 Å². The summed E-state index contributed by atoms with van der Waals surface area (Å²) in [4.78, 5) is 20.1. The molecule has 4 aromatic rings. The van der Waals surface area contributed by atoms with E-state index in [0.29, 0.717) is 41.4 Å². The molecule has 3 aliphatic heterocycles. The van der Waals surface area contributed by atoms with Crippen molar-refractivity contribution < 1.29 is 27.6 Å². The van der Waals surface area contributed by atoms with Gasteiger partial charge in [0.2, 0.25) is 11.7 Å². The number of morpholine rings is 1. The molecule has 4 aliphatic rings. The van der Waals surface area contributed by atoms with Crippen molar-refractivity contribution in [3.63, 3.8) is 0 Å². The third-order valence-electron chi connectivity index (χ3n) is 7.80. The summed E-state index contributed by atoms with van der Waals surface area (Å²) in [6, 6.07) is 9.51. The van der Waals surface area contributed by atoms with Gasteiger partial charge in [-0.1, -0.05) is 17.3 Å². The average Bonchev–Trinajstić information content (AvgIpc) is 3.54. The minimum Gasteiger partial charge on any atom is -0.371 e. The number of aryl methyl sites for hydroxylation is 1. The number of nitrogens with zero attached hydrogens (tertiary/aromatic N) is 5. The van der Waals surface area contributed by atoms with Gasteiger partial charge in [0.05, 0.1) is 35.6 Å². The minimum absolute atomic E-state index is 0.108. The van der Waals surface area contributed by atoms with Crippen LogP contribution in [0.5, 0.6) is 0 Å². The molecule has 202 valence electrons. The summed E-state index contributed by atoms with van der Waals surface area (Å²) >= 11 is 0. The molecule has 0 spiro atoms. The van der Waals surface area contributed by atoms with E-state index < -0.39 is 12.7 Å². The molecule has 3 saturated heterocycles. The van der Waals surface area contributed by atoms with Crippen LogP contribution in [0.4, 0.5) is 20.2 Å². The fraction of sp³-hybridized carbons (Fsp3) is 0.407. The maximum atomic E-state index is 13.4. The number of nitrogens with one attached hydrogen (secondary N) is 1. The summed E-state index contributed by atoms with van der Waals surface area (Å²) in [6.07, 6.45) is 5.43. The first kappa shape index (κ1) is 24.2. The number of fused-ring (bicyclic) bond motifs is 3. The summed E-state index contributed by atoms with van der Waals surface area (Å²) in [7, 11) is 0. The van der Waals surface area contributed by atoms with Crippen molar-refractivity contribution in [2.75, 3.05) is 23.3 Å². The minimum atomic E-state index is -2.78. The van der Waals surface area contributed by atoms with Gasteiger partial charge in [-0.2, -0.15) is 18.9 Å². The van der Waals surface area contributed by atoms with Gasteiger partial charge in [0.1, 0.15) is 0 Å². The van der Waals surface area contributed by atoms with Crippen molar-refractivity contribution in [1.29, 1.82) is 0 Å². The third kappa shape index (κ3) is 4.53. The molecule has 8 rings (SSSR count). The predicted octanol–water partition coefficient (Wildman–Crippen LogP) is 4.41. The molecule has 2 atom stereocenters. The molecule has 4 fully saturated rings. The number of rotatable bonds is 7. The molecule has 0 radical (unpaired) electrons. The van der Waals surface area contributed by atoms with Gasteiger partial charge in [-0.3, -0.25) is 4.79 Å². The van der Waals surface area contributed by atoms with Crippen LogP contribution in [0.1, 0.15) is 47.0 Å². The van der Waals surface area contributed by atoms with E-state index in [0.717, 1.165) is 36.3 Å². The number of carbonyl (C=O) groups is 1. The molecule has 1 saturated carbocycles.